The van der Waals surface area contributed by atoms with E-state index in [1.54, 1.807) is 6.20 Å². The Morgan fingerprint density at radius 2 is 2.12 bits per heavy atom. The highest BCUT2D eigenvalue weighted by Gasteiger charge is 2.25. The third-order valence-corrected chi connectivity index (χ3v) is 3.11. The minimum atomic E-state index is -0.411. The van der Waals surface area contributed by atoms with Gasteiger partial charge in [-0.05, 0) is 5.56 Å². The zero-order chi connectivity index (χ0) is 11.4. The lowest BCUT2D eigenvalue weighted by Gasteiger charge is -2.11. The second kappa shape index (κ2) is 4.90. The van der Waals surface area contributed by atoms with Crippen molar-refractivity contribution in [1.29, 1.82) is 0 Å². The molecule has 0 saturated carbocycles. The van der Waals surface area contributed by atoms with Crippen molar-refractivity contribution < 1.29 is 9.53 Å². The molecule has 0 radical (unpaired) electrons. The molecule has 0 unspecified atom stereocenters. The highest BCUT2D eigenvalue weighted by atomic mass is 32.1. The molecule has 0 spiro atoms. The summed E-state index contributed by atoms with van der Waals surface area (Å²) in [6, 6.07) is 9.53. The lowest BCUT2D eigenvalue weighted by atomic mass is 10.0. The summed E-state index contributed by atoms with van der Waals surface area (Å²) in [7, 11) is 1.39. The Balaban J connectivity index is 2.40. The molecule has 82 valence electrons. The van der Waals surface area contributed by atoms with E-state index in [2.05, 4.69) is 4.98 Å². The molecule has 1 heterocycles. The Hall–Kier alpha value is -1.68. The lowest BCUT2D eigenvalue weighted by molar-refractivity contribution is -0.141. The number of esters is 1. The smallest absolute Gasteiger partial charge is 0.320 e. The van der Waals surface area contributed by atoms with Crippen molar-refractivity contribution in [2.45, 2.75) is 5.92 Å². The summed E-state index contributed by atoms with van der Waals surface area (Å²) in [5.74, 6) is -0.688. The van der Waals surface area contributed by atoms with Gasteiger partial charge in [0.15, 0.2) is 0 Å². The summed E-state index contributed by atoms with van der Waals surface area (Å²) >= 11 is 1.46. The van der Waals surface area contributed by atoms with Crippen LogP contribution in [0.5, 0.6) is 0 Å². The van der Waals surface area contributed by atoms with E-state index in [4.69, 9.17) is 4.74 Å². The van der Waals surface area contributed by atoms with Crippen LogP contribution in [0, 0.1) is 0 Å². The van der Waals surface area contributed by atoms with Gasteiger partial charge in [0.25, 0.3) is 0 Å². The van der Waals surface area contributed by atoms with Gasteiger partial charge in [-0.2, -0.15) is 0 Å². The molecule has 2 rings (SSSR count). The van der Waals surface area contributed by atoms with Crippen LogP contribution >= 0.6 is 11.3 Å². The van der Waals surface area contributed by atoms with Crippen molar-refractivity contribution in [3.8, 4) is 0 Å². The van der Waals surface area contributed by atoms with Crippen molar-refractivity contribution in [2.24, 2.45) is 0 Å². The zero-order valence-corrected chi connectivity index (χ0v) is 9.61. The highest BCUT2D eigenvalue weighted by molar-refractivity contribution is 7.09. The Morgan fingerprint density at radius 1 is 1.38 bits per heavy atom. The van der Waals surface area contributed by atoms with Gasteiger partial charge in [0.1, 0.15) is 10.9 Å². The maximum atomic E-state index is 11.8. The summed E-state index contributed by atoms with van der Waals surface area (Å²) in [5, 5.41) is 2.62. The number of nitrogens with zero attached hydrogens (tertiary/aromatic N) is 1. The molecular weight excluding hydrogens is 222 g/mol. The van der Waals surface area contributed by atoms with Crippen LogP contribution in [0.3, 0.4) is 0 Å². The zero-order valence-electron chi connectivity index (χ0n) is 8.79. The van der Waals surface area contributed by atoms with E-state index in [0.29, 0.717) is 0 Å². The summed E-state index contributed by atoms with van der Waals surface area (Å²) < 4.78 is 4.82. The van der Waals surface area contributed by atoms with Crippen LogP contribution in [-0.2, 0) is 9.53 Å². The average molecular weight is 233 g/mol. The topological polar surface area (TPSA) is 39.2 Å². The first-order chi connectivity index (χ1) is 7.83. The number of rotatable bonds is 3. The molecular formula is C12H11NO2S. The summed E-state index contributed by atoms with van der Waals surface area (Å²) in [6.45, 7) is 0. The maximum absolute atomic E-state index is 11.8. The van der Waals surface area contributed by atoms with Crippen LogP contribution in [0.1, 0.15) is 16.5 Å². The highest BCUT2D eigenvalue weighted by Crippen LogP contribution is 2.27. The van der Waals surface area contributed by atoms with E-state index in [0.717, 1.165) is 10.6 Å². The molecule has 0 fully saturated rings. The average Bonchev–Trinajstić information content (AvgIpc) is 2.84. The van der Waals surface area contributed by atoms with Crippen molar-refractivity contribution in [3.63, 3.8) is 0 Å². The minimum absolute atomic E-state index is 0.277. The number of thiazole rings is 1. The molecule has 4 heteroatoms. The molecule has 0 amide bonds. The normalized spacial score (nSPS) is 12.1. The van der Waals surface area contributed by atoms with Gasteiger partial charge in [0, 0.05) is 11.6 Å². The number of carbonyl (C=O) groups is 1. The van der Waals surface area contributed by atoms with Crippen LogP contribution in [0.25, 0.3) is 0 Å². The van der Waals surface area contributed by atoms with E-state index in [1.165, 1.54) is 18.4 Å². The molecule has 0 aliphatic carbocycles. The van der Waals surface area contributed by atoms with E-state index in [-0.39, 0.29) is 5.97 Å². The Labute approximate surface area is 97.7 Å². The lowest BCUT2D eigenvalue weighted by Crippen LogP contribution is -2.15. The molecule has 1 atom stereocenters. The number of benzene rings is 1. The van der Waals surface area contributed by atoms with Gasteiger partial charge < -0.3 is 4.74 Å². The van der Waals surface area contributed by atoms with E-state index in [1.807, 2.05) is 35.7 Å². The van der Waals surface area contributed by atoms with E-state index in [9.17, 15) is 4.79 Å². The fourth-order valence-electron chi connectivity index (χ4n) is 1.52. The van der Waals surface area contributed by atoms with E-state index < -0.39 is 5.92 Å². The Morgan fingerprint density at radius 3 is 2.69 bits per heavy atom. The monoisotopic (exact) mass is 233 g/mol. The second-order valence-electron chi connectivity index (χ2n) is 3.24. The largest absolute Gasteiger partial charge is 0.468 e. The van der Waals surface area contributed by atoms with Crippen LogP contribution < -0.4 is 0 Å². The second-order valence-corrected chi connectivity index (χ2v) is 4.16. The first-order valence-electron chi connectivity index (χ1n) is 4.85. The molecule has 16 heavy (non-hydrogen) atoms. The Kier molecular flexibility index (Phi) is 3.31. The first kappa shape index (κ1) is 10.8. The van der Waals surface area contributed by atoms with Gasteiger partial charge >= 0.3 is 5.97 Å². The fraction of sp³-hybridized carbons (Fsp3) is 0.167. The van der Waals surface area contributed by atoms with Gasteiger partial charge in [0.2, 0.25) is 0 Å². The van der Waals surface area contributed by atoms with Crippen LogP contribution in [-0.4, -0.2) is 18.1 Å². The van der Waals surface area contributed by atoms with Crippen molar-refractivity contribution in [1.82, 2.24) is 4.98 Å². The Bertz CT molecular complexity index is 453. The van der Waals surface area contributed by atoms with Crippen molar-refractivity contribution in [3.05, 3.63) is 52.5 Å². The molecule has 0 aliphatic rings. The molecule has 3 nitrogen and oxygen atoms in total. The van der Waals surface area contributed by atoms with Crippen LogP contribution in [0.4, 0.5) is 0 Å². The van der Waals surface area contributed by atoms with Gasteiger partial charge in [-0.3, -0.25) is 4.79 Å². The van der Waals surface area contributed by atoms with Gasteiger partial charge in [-0.25, -0.2) is 4.98 Å². The third-order valence-electron chi connectivity index (χ3n) is 2.27. The molecule has 0 saturated heterocycles. The minimum Gasteiger partial charge on any atom is -0.468 e. The van der Waals surface area contributed by atoms with Crippen molar-refractivity contribution in [2.75, 3.05) is 7.11 Å². The van der Waals surface area contributed by atoms with Crippen LogP contribution in [0.2, 0.25) is 0 Å². The molecule has 0 N–H and O–H groups in total. The predicted octanol–water partition coefficient (Wildman–Crippen LogP) is 2.45. The first-order valence-corrected chi connectivity index (χ1v) is 5.73. The number of hydrogen-bond donors (Lipinski definition) is 0. The third kappa shape index (κ3) is 2.12. The van der Waals surface area contributed by atoms with Crippen molar-refractivity contribution >= 4 is 17.3 Å². The summed E-state index contributed by atoms with van der Waals surface area (Å²) in [5.41, 5.74) is 0.907. The SMILES string of the molecule is COC(=O)[C@@H](c1ccccc1)c1nccs1. The van der Waals surface area contributed by atoms with Gasteiger partial charge in [0.05, 0.1) is 7.11 Å². The number of methoxy groups -OCH3 is 1. The van der Waals surface area contributed by atoms with E-state index >= 15 is 0 Å². The number of ether oxygens (including phenoxy) is 1. The quantitative estimate of drug-likeness (QED) is 0.764. The molecule has 1 aromatic heterocycles. The summed E-state index contributed by atoms with van der Waals surface area (Å²) in [6.07, 6.45) is 1.69. The molecule has 0 bridgehead atoms. The molecule has 1 aromatic carbocycles. The number of aromatic nitrogens is 1. The number of hydrogen-bond acceptors (Lipinski definition) is 4. The molecule has 0 aliphatic heterocycles. The molecule has 2 aromatic rings. The standard InChI is InChI=1S/C12H11NO2S/c1-15-12(14)10(11-13-7-8-16-11)9-5-3-2-4-6-9/h2-8,10H,1H3/t10-/m0/s1. The van der Waals surface area contributed by atoms with Gasteiger partial charge in [-0.1, -0.05) is 30.3 Å². The van der Waals surface area contributed by atoms with Gasteiger partial charge in [-0.15, -0.1) is 11.3 Å². The number of carbonyl (C=O) groups excluding carboxylic acids is 1. The fourth-order valence-corrected chi connectivity index (χ4v) is 2.27. The van der Waals surface area contributed by atoms with Crippen LogP contribution in [0.15, 0.2) is 41.9 Å². The predicted molar refractivity (Wildman–Crippen MR) is 62.4 cm³/mol. The summed E-state index contributed by atoms with van der Waals surface area (Å²) in [4.78, 5) is 15.9. The maximum Gasteiger partial charge on any atom is 0.320 e.